The zero-order valence-electron chi connectivity index (χ0n) is 18.5. The Hall–Kier alpha value is -3.50. The summed E-state index contributed by atoms with van der Waals surface area (Å²) in [5.41, 5.74) is 3.62. The number of nitrogens with one attached hydrogen (secondary N) is 3. The lowest BCUT2D eigenvalue weighted by atomic mass is 9.97. The molecule has 2 aliphatic heterocycles. The molecule has 0 spiro atoms. The summed E-state index contributed by atoms with van der Waals surface area (Å²) < 4.78 is 0. The first-order valence-corrected chi connectivity index (χ1v) is 12.1. The van der Waals surface area contributed by atoms with Gasteiger partial charge in [-0.05, 0) is 73.5 Å². The highest BCUT2D eigenvalue weighted by atomic mass is 32.2. The van der Waals surface area contributed by atoms with Crippen LogP contribution in [0.3, 0.4) is 0 Å². The van der Waals surface area contributed by atoms with Gasteiger partial charge in [0, 0.05) is 32.0 Å². The Balaban J connectivity index is 1.11. The summed E-state index contributed by atoms with van der Waals surface area (Å²) >= 11 is 0.891. The predicted octanol–water partition coefficient (Wildman–Crippen LogP) is 3.20. The van der Waals surface area contributed by atoms with Crippen molar-refractivity contribution in [1.82, 2.24) is 30.6 Å². The summed E-state index contributed by atoms with van der Waals surface area (Å²) in [5, 5.41) is 5.46. The molecule has 3 N–H and O–H groups in total. The van der Waals surface area contributed by atoms with Gasteiger partial charge in [-0.2, -0.15) is 0 Å². The minimum atomic E-state index is -0.380. The number of anilines is 1. The molecule has 0 atom stereocenters. The second kappa shape index (κ2) is 10.2. The summed E-state index contributed by atoms with van der Waals surface area (Å²) in [5.74, 6) is 0.855. The maximum absolute atomic E-state index is 11.8. The largest absolute Gasteiger partial charge is 0.360 e. The van der Waals surface area contributed by atoms with Crippen LogP contribution < -0.4 is 15.5 Å². The normalized spacial score (nSPS) is 18.0. The monoisotopic (exact) mass is 475 g/mol. The molecular formula is C24H25N7O2S. The van der Waals surface area contributed by atoms with E-state index in [2.05, 4.69) is 30.5 Å². The van der Waals surface area contributed by atoms with Crippen molar-refractivity contribution < 1.29 is 9.59 Å². The fraction of sp³-hybridized carbons (Fsp3) is 0.292. The summed E-state index contributed by atoms with van der Waals surface area (Å²) in [6.45, 7) is 3.43. The topological polar surface area (TPSA) is 116 Å². The van der Waals surface area contributed by atoms with E-state index >= 15 is 0 Å². The van der Waals surface area contributed by atoms with E-state index in [1.807, 2.05) is 36.5 Å². The molecular weight excluding hydrogens is 450 g/mol. The molecule has 0 bridgehead atoms. The minimum Gasteiger partial charge on any atom is -0.360 e. The first kappa shape index (κ1) is 22.3. The fourth-order valence-electron chi connectivity index (χ4n) is 4.11. The summed E-state index contributed by atoms with van der Waals surface area (Å²) in [6.07, 6.45) is 7.32. The lowest BCUT2D eigenvalue weighted by molar-refractivity contribution is -0.115. The number of hydrogen-bond acceptors (Lipinski definition) is 8. The average Bonchev–Trinajstić information content (AvgIpc) is 3.50. The van der Waals surface area contributed by atoms with Crippen molar-refractivity contribution in [3.63, 3.8) is 0 Å². The number of rotatable bonds is 7. The number of piperidine rings is 1. The molecule has 0 aliphatic carbocycles. The lowest BCUT2D eigenvalue weighted by Gasteiger charge is -2.32. The van der Waals surface area contributed by atoms with Gasteiger partial charge in [-0.15, -0.1) is 0 Å². The van der Waals surface area contributed by atoms with Gasteiger partial charge in [0.05, 0.1) is 27.7 Å². The SMILES string of the molecule is O=C1NC(=O)/C(=C\c2ccnc(N3CCC(CNCc4cccc(-c5ccc[nH]5)n4)CC3)n2)S1. The van der Waals surface area contributed by atoms with Crippen molar-refractivity contribution in [2.45, 2.75) is 19.4 Å². The molecule has 9 nitrogen and oxygen atoms in total. The quantitative estimate of drug-likeness (QED) is 0.446. The number of nitrogens with zero attached hydrogens (tertiary/aromatic N) is 4. The molecule has 174 valence electrons. The van der Waals surface area contributed by atoms with Crippen molar-refractivity contribution in [3.05, 3.63) is 65.1 Å². The second-order valence-corrected chi connectivity index (χ2v) is 9.31. The van der Waals surface area contributed by atoms with Crippen molar-refractivity contribution in [2.75, 3.05) is 24.5 Å². The van der Waals surface area contributed by atoms with Gasteiger partial charge in [-0.1, -0.05) is 6.07 Å². The minimum absolute atomic E-state index is 0.354. The molecule has 34 heavy (non-hydrogen) atoms. The van der Waals surface area contributed by atoms with Crippen molar-refractivity contribution in [1.29, 1.82) is 0 Å². The second-order valence-electron chi connectivity index (χ2n) is 8.29. The van der Waals surface area contributed by atoms with E-state index in [0.29, 0.717) is 22.5 Å². The Morgan fingerprint density at radius 2 is 2.00 bits per heavy atom. The molecule has 0 radical (unpaired) electrons. The van der Waals surface area contributed by atoms with E-state index in [4.69, 9.17) is 4.98 Å². The van der Waals surface area contributed by atoms with E-state index in [-0.39, 0.29) is 11.1 Å². The maximum Gasteiger partial charge on any atom is 0.290 e. The third kappa shape index (κ3) is 5.35. The number of thioether (sulfide) groups is 1. The average molecular weight is 476 g/mol. The van der Waals surface area contributed by atoms with E-state index in [1.165, 1.54) is 0 Å². The van der Waals surface area contributed by atoms with Gasteiger partial charge in [-0.3, -0.25) is 14.9 Å². The van der Waals surface area contributed by atoms with Gasteiger partial charge in [0.15, 0.2) is 0 Å². The van der Waals surface area contributed by atoms with Crippen LogP contribution >= 0.6 is 11.8 Å². The molecule has 5 rings (SSSR count). The number of pyridine rings is 1. The summed E-state index contributed by atoms with van der Waals surface area (Å²) in [6, 6.07) is 11.8. The number of imide groups is 1. The Kier molecular flexibility index (Phi) is 6.68. The smallest absolute Gasteiger partial charge is 0.290 e. The number of amides is 2. The Bertz CT molecular complexity index is 1200. The van der Waals surface area contributed by atoms with Crippen LogP contribution in [-0.4, -0.2) is 50.7 Å². The van der Waals surface area contributed by atoms with Gasteiger partial charge in [0.1, 0.15) is 0 Å². The molecule has 3 aromatic rings. The number of H-pyrrole nitrogens is 1. The molecule has 10 heteroatoms. The number of carbonyl (C=O) groups is 2. The van der Waals surface area contributed by atoms with Crippen molar-refractivity contribution in [2.24, 2.45) is 5.92 Å². The third-order valence-corrected chi connectivity index (χ3v) is 6.71. The summed E-state index contributed by atoms with van der Waals surface area (Å²) in [7, 11) is 0. The van der Waals surface area contributed by atoms with E-state index in [9.17, 15) is 9.59 Å². The number of aromatic amines is 1. The van der Waals surface area contributed by atoms with Gasteiger partial charge >= 0.3 is 0 Å². The van der Waals surface area contributed by atoms with Crippen molar-refractivity contribution >= 4 is 34.9 Å². The molecule has 0 saturated carbocycles. The fourth-order valence-corrected chi connectivity index (χ4v) is 4.78. The Morgan fingerprint density at radius 1 is 1.12 bits per heavy atom. The molecule has 2 amide bonds. The number of aromatic nitrogens is 4. The number of hydrogen-bond donors (Lipinski definition) is 3. The van der Waals surface area contributed by atoms with Gasteiger partial charge in [0.25, 0.3) is 11.1 Å². The highest BCUT2D eigenvalue weighted by molar-refractivity contribution is 8.18. The van der Waals surface area contributed by atoms with Crippen LogP contribution in [0.4, 0.5) is 10.7 Å². The first-order valence-electron chi connectivity index (χ1n) is 11.3. The maximum atomic E-state index is 11.8. The van der Waals surface area contributed by atoms with Crippen LogP contribution in [0.5, 0.6) is 0 Å². The highest BCUT2D eigenvalue weighted by Gasteiger charge is 2.25. The summed E-state index contributed by atoms with van der Waals surface area (Å²) in [4.78, 5) is 42.6. The molecule has 2 fully saturated rings. The Morgan fingerprint density at radius 3 is 2.76 bits per heavy atom. The van der Waals surface area contributed by atoms with Gasteiger partial charge in [-0.25, -0.2) is 15.0 Å². The van der Waals surface area contributed by atoms with E-state index < -0.39 is 0 Å². The van der Waals surface area contributed by atoms with Gasteiger partial charge < -0.3 is 15.2 Å². The van der Waals surface area contributed by atoms with Crippen LogP contribution in [-0.2, 0) is 11.3 Å². The van der Waals surface area contributed by atoms with Crippen LogP contribution in [0.2, 0.25) is 0 Å². The zero-order valence-corrected chi connectivity index (χ0v) is 19.3. The van der Waals surface area contributed by atoms with Crippen LogP contribution in [0, 0.1) is 5.92 Å². The van der Waals surface area contributed by atoms with E-state index in [0.717, 1.165) is 67.9 Å². The molecule has 2 saturated heterocycles. The third-order valence-electron chi connectivity index (χ3n) is 5.90. The van der Waals surface area contributed by atoms with E-state index in [1.54, 1.807) is 18.3 Å². The molecule has 0 unspecified atom stereocenters. The zero-order chi connectivity index (χ0) is 23.3. The standard InChI is InChI=1S/C24H25N7O2S/c32-22-21(34-24(33)30-22)13-17-6-10-27-23(29-17)31-11-7-16(8-12-31)14-25-15-18-3-1-4-20(28-18)19-5-2-9-26-19/h1-6,9-10,13,16,25-26H,7-8,11-12,14-15H2,(H,30,32,33)/b21-13+. The van der Waals surface area contributed by atoms with Gasteiger partial charge in [0.2, 0.25) is 5.95 Å². The molecule has 3 aromatic heterocycles. The first-order chi connectivity index (χ1) is 16.6. The predicted molar refractivity (Wildman–Crippen MR) is 132 cm³/mol. The molecule has 0 aromatic carbocycles. The van der Waals surface area contributed by atoms with Crippen LogP contribution in [0.15, 0.2) is 53.7 Å². The molecule has 5 heterocycles. The number of carbonyl (C=O) groups excluding carboxylic acids is 2. The van der Waals surface area contributed by atoms with Crippen LogP contribution in [0.1, 0.15) is 24.2 Å². The van der Waals surface area contributed by atoms with Crippen LogP contribution in [0.25, 0.3) is 17.5 Å². The highest BCUT2D eigenvalue weighted by Crippen LogP contribution is 2.26. The Labute approximate surface area is 201 Å². The molecule has 2 aliphatic rings. The lowest BCUT2D eigenvalue weighted by Crippen LogP contribution is -2.38. The van der Waals surface area contributed by atoms with Crippen molar-refractivity contribution in [3.8, 4) is 11.4 Å².